The van der Waals surface area contributed by atoms with Gasteiger partial charge in [-0.25, -0.2) is 14.3 Å². The van der Waals surface area contributed by atoms with Crippen LogP contribution in [-0.4, -0.2) is 32.8 Å². The fraction of sp³-hybridized carbons (Fsp3) is 0.0500. The van der Waals surface area contributed by atoms with Gasteiger partial charge in [-0.3, -0.25) is 0 Å². The first-order valence-electron chi connectivity index (χ1n) is 8.00. The fourth-order valence-corrected chi connectivity index (χ4v) is 2.84. The van der Waals surface area contributed by atoms with Crippen LogP contribution in [0.25, 0.3) is 28.2 Å². The Kier molecular flexibility index (Phi) is 3.85. The van der Waals surface area contributed by atoms with Crippen LogP contribution in [0, 0.1) is 0 Å². The standard InChI is InChI=1S/C20H15N3O3/c1-26-15-9-7-13(8-10-15)16-11-12-17-21-18(14-5-3-2-4-6-14)19(20(24)25)23(17)22-16/h2-12H,1H3,(H,24,25). The number of carbonyl (C=O) groups is 1. The molecule has 0 aliphatic heterocycles. The van der Waals surface area contributed by atoms with Gasteiger partial charge >= 0.3 is 5.97 Å². The minimum absolute atomic E-state index is 0.0431. The lowest BCUT2D eigenvalue weighted by atomic mass is 10.1. The van der Waals surface area contributed by atoms with E-state index in [0.29, 0.717) is 17.0 Å². The van der Waals surface area contributed by atoms with Crippen LogP contribution in [-0.2, 0) is 0 Å². The molecular formula is C20H15N3O3. The van der Waals surface area contributed by atoms with Crippen molar-refractivity contribution in [2.24, 2.45) is 0 Å². The van der Waals surface area contributed by atoms with E-state index in [1.807, 2.05) is 60.7 Å². The molecule has 0 fully saturated rings. The van der Waals surface area contributed by atoms with Crippen LogP contribution < -0.4 is 4.74 Å². The number of carboxylic acids is 1. The zero-order chi connectivity index (χ0) is 18.1. The Morgan fingerprint density at radius 2 is 1.69 bits per heavy atom. The van der Waals surface area contributed by atoms with Crippen LogP contribution in [0.2, 0.25) is 0 Å². The molecule has 2 aromatic heterocycles. The highest BCUT2D eigenvalue weighted by atomic mass is 16.5. The number of imidazole rings is 1. The molecule has 0 atom stereocenters. The van der Waals surface area contributed by atoms with Gasteiger partial charge in [0.05, 0.1) is 12.8 Å². The molecule has 0 bridgehead atoms. The lowest BCUT2D eigenvalue weighted by molar-refractivity contribution is 0.0689. The lowest BCUT2D eigenvalue weighted by Gasteiger charge is -2.04. The molecule has 26 heavy (non-hydrogen) atoms. The molecule has 2 aromatic carbocycles. The Hall–Kier alpha value is -3.67. The summed E-state index contributed by atoms with van der Waals surface area (Å²) in [5, 5.41) is 14.2. The third kappa shape index (κ3) is 2.67. The summed E-state index contributed by atoms with van der Waals surface area (Å²) >= 11 is 0. The smallest absolute Gasteiger partial charge is 0.356 e. The van der Waals surface area contributed by atoms with Gasteiger partial charge in [0, 0.05) is 11.1 Å². The molecule has 0 aliphatic rings. The molecule has 0 radical (unpaired) electrons. The average Bonchev–Trinajstić information content (AvgIpc) is 3.07. The maximum atomic E-state index is 11.9. The van der Waals surface area contributed by atoms with E-state index in [1.165, 1.54) is 4.52 Å². The second-order valence-electron chi connectivity index (χ2n) is 5.70. The molecule has 0 unspecified atom stereocenters. The van der Waals surface area contributed by atoms with Crippen LogP contribution in [0.5, 0.6) is 5.75 Å². The highest BCUT2D eigenvalue weighted by molar-refractivity contribution is 5.94. The van der Waals surface area contributed by atoms with E-state index in [1.54, 1.807) is 13.2 Å². The van der Waals surface area contributed by atoms with Gasteiger partial charge in [-0.05, 0) is 36.4 Å². The van der Waals surface area contributed by atoms with E-state index in [2.05, 4.69) is 10.1 Å². The molecule has 0 spiro atoms. The fourth-order valence-electron chi connectivity index (χ4n) is 2.84. The number of nitrogens with zero attached hydrogens (tertiary/aromatic N) is 3. The predicted molar refractivity (Wildman–Crippen MR) is 97.4 cm³/mol. The van der Waals surface area contributed by atoms with Crippen LogP contribution in [0.1, 0.15) is 10.5 Å². The maximum Gasteiger partial charge on any atom is 0.356 e. The molecule has 2 heterocycles. The first-order valence-corrected chi connectivity index (χ1v) is 8.00. The minimum atomic E-state index is -1.07. The van der Waals surface area contributed by atoms with Gasteiger partial charge in [0.15, 0.2) is 11.3 Å². The summed E-state index contributed by atoms with van der Waals surface area (Å²) < 4.78 is 6.54. The van der Waals surface area contributed by atoms with Crippen molar-refractivity contribution < 1.29 is 14.6 Å². The Morgan fingerprint density at radius 1 is 0.962 bits per heavy atom. The van der Waals surface area contributed by atoms with E-state index < -0.39 is 5.97 Å². The summed E-state index contributed by atoms with van der Waals surface area (Å²) in [6.07, 6.45) is 0. The van der Waals surface area contributed by atoms with Crippen LogP contribution in [0.3, 0.4) is 0 Å². The Bertz CT molecular complexity index is 1090. The summed E-state index contributed by atoms with van der Waals surface area (Å²) in [6.45, 7) is 0. The number of methoxy groups -OCH3 is 1. The zero-order valence-corrected chi connectivity index (χ0v) is 14.0. The second kappa shape index (κ2) is 6.33. The largest absolute Gasteiger partial charge is 0.497 e. The van der Waals surface area contributed by atoms with E-state index in [0.717, 1.165) is 16.9 Å². The highest BCUT2D eigenvalue weighted by Gasteiger charge is 2.21. The number of rotatable bonds is 4. The van der Waals surface area contributed by atoms with Gasteiger partial charge in [-0.15, -0.1) is 0 Å². The van der Waals surface area contributed by atoms with Gasteiger partial charge in [-0.2, -0.15) is 5.10 Å². The van der Waals surface area contributed by atoms with Gasteiger partial charge in [0.2, 0.25) is 0 Å². The second-order valence-corrected chi connectivity index (χ2v) is 5.70. The number of hydrogen-bond donors (Lipinski definition) is 1. The Morgan fingerprint density at radius 3 is 2.35 bits per heavy atom. The number of benzene rings is 2. The van der Waals surface area contributed by atoms with E-state index in [-0.39, 0.29) is 5.69 Å². The predicted octanol–water partition coefficient (Wildman–Crippen LogP) is 3.77. The van der Waals surface area contributed by atoms with Crippen molar-refractivity contribution in [1.29, 1.82) is 0 Å². The minimum Gasteiger partial charge on any atom is -0.497 e. The van der Waals surface area contributed by atoms with E-state index in [4.69, 9.17) is 4.74 Å². The monoisotopic (exact) mass is 345 g/mol. The number of fused-ring (bicyclic) bond motifs is 1. The SMILES string of the molecule is COc1ccc(-c2ccc3nc(-c4ccccc4)c(C(=O)O)n3n2)cc1. The van der Waals surface area contributed by atoms with Crippen molar-refractivity contribution in [3.05, 3.63) is 72.4 Å². The molecule has 0 aliphatic carbocycles. The molecule has 0 saturated carbocycles. The molecule has 0 amide bonds. The maximum absolute atomic E-state index is 11.9. The topological polar surface area (TPSA) is 76.7 Å². The van der Waals surface area contributed by atoms with Crippen LogP contribution in [0.15, 0.2) is 66.7 Å². The molecule has 4 rings (SSSR count). The number of carboxylic acid groups (broad SMARTS) is 1. The van der Waals surface area contributed by atoms with Gasteiger partial charge in [0.1, 0.15) is 11.4 Å². The van der Waals surface area contributed by atoms with Crippen molar-refractivity contribution >= 4 is 11.6 Å². The number of ether oxygens (including phenoxy) is 1. The number of hydrogen-bond acceptors (Lipinski definition) is 4. The summed E-state index contributed by atoms with van der Waals surface area (Å²) in [7, 11) is 1.61. The quantitative estimate of drug-likeness (QED) is 0.609. The molecule has 6 heteroatoms. The van der Waals surface area contributed by atoms with Crippen molar-refractivity contribution in [2.45, 2.75) is 0 Å². The van der Waals surface area contributed by atoms with Crippen LogP contribution >= 0.6 is 0 Å². The summed E-state index contributed by atoms with van der Waals surface area (Å²) in [5.41, 5.74) is 3.18. The van der Waals surface area contributed by atoms with Gasteiger partial charge in [-0.1, -0.05) is 30.3 Å². The zero-order valence-electron chi connectivity index (χ0n) is 14.0. The Labute approximate surface area is 149 Å². The van der Waals surface area contributed by atoms with Crippen LogP contribution in [0.4, 0.5) is 0 Å². The molecule has 6 nitrogen and oxygen atoms in total. The summed E-state index contributed by atoms with van der Waals surface area (Å²) in [6, 6.07) is 20.3. The highest BCUT2D eigenvalue weighted by Crippen LogP contribution is 2.26. The first-order chi connectivity index (χ1) is 12.7. The normalized spacial score (nSPS) is 10.8. The Balaban J connectivity index is 1.89. The molecule has 0 saturated heterocycles. The lowest BCUT2D eigenvalue weighted by Crippen LogP contribution is -2.06. The van der Waals surface area contributed by atoms with Crippen molar-refractivity contribution in [3.8, 4) is 28.3 Å². The van der Waals surface area contributed by atoms with Crippen molar-refractivity contribution in [3.63, 3.8) is 0 Å². The van der Waals surface area contributed by atoms with E-state index >= 15 is 0 Å². The van der Waals surface area contributed by atoms with Gasteiger partial charge < -0.3 is 9.84 Å². The third-order valence-electron chi connectivity index (χ3n) is 4.11. The molecule has 1 N–H and O–H groups in total. The number of aromatic nitrogens is 3. The van der Waals surface area contributed by atoms with Crippen molar-refractivity contribution in [2.75, 3.05) is 7.11 Å². The molecule has 128 valence electrons. The molecule has 4 aromatic rings. The summed E-state index contributed by atoms with van der Waals surface area (Å²) in [4.78, 5) is 16.4. The summed E-state index contributed by atoms with van der Waals surface area (Å²) in [5.74, 6) is -0.328. The molecular weight excluding hydrogens is 330 g/mol. The number of aromatic carboxylic acids is 1. The third-order valence-corrected chi connectivity index (χ3v) is 4.11. The van der Waals surface area contributed by atoms with E-state index in [9.17, 15) is 9.90 Å². The van der Waals surface area contributed by atoms with Gasteiger partial charge in [0.25, 0.3) is 0 Å². The average molecular weight is 345 g/mol. The first kappa shape index (κ1) is 15.8. The van der Waals surface area contributed by atoms with Crippen molar-refractivity contribution in [1.82, 2.24) is 14.6 Å².